The molecule has 27 heavy (non-hydrogen) atoms. The SMILES string of the molecule is Cc1cccc(CN2CC(C(=O)OCc3ccccc3)CN(C)[C@@H](N)C2)c1. The van der Waals surface area contributed by atoms with Crippen molar-refractivity contribution < 1.29 is 9.53 Å². The molecule has 1 heterocycles. The highest BCUT2D eigenvalue weighted by Gasteiger charge is 2.31. The largest absolute Gasteiger partial charge is 0.461 e. The summed E-state index contributed by atoms with van der Waals surface area (Å²) in [6.45, 7) is 5.18. The Morgan fingerprint density at radius 2 is 1.81 bits per heavy atom. The van der Waals surface area contributed by atoms with Gasteiger partial charge in [-0.15, -0.1) is 0 Å². The molecular weight excluding hydrogens is 338 g/mol. The number of carbonyl (C=O) groups is 1. The molecule has 0 radical (unpaired) electrons. The Labute approximate surface area is 161 Å². The molecule has 1 aliphatic rings. The average molecular weight is 367 g/mol. The first-order valence-corrected chi connectivity index (χ1v) is 9.45. The van der Waals surface area contributed by atoms with Crippen LogP contribution in [-0.4, -0.2) is 48.6 Å². The van der Waals surface area contributed by atoms with Gasteiger partial charge in [0.2, 0.25) is 0 Å². The van der Waals surface area contributed by atoms with Crippen molar-refractivity contribution in [2.45, 2.75) is 26.2 Å². The van der Waals surface area contributed by atoms with E-state index in [1.807, 2.05) is 42.3 Å². The van der Waals surface area contributed by atoms with Crippen LogP contribution in [0.15, 0.2) is 54.6 Å². The number of rotatable bonds is 5. The number of nitrogens with two attached hydrogens (primary N) is 1. The summed E-state index contributed by atoms with van der Waals surface area (Å²) in [7, 11) is 1.97. The van der Waals surface area contributed by atoms with E-state index in [0.717, 1.165) is 18.7 Å². The zero-order valence-electron chi connectivity index (χ0n) is 16.2. The Kier molecular flexibility index (Phi) is 6.61. The van der Waals surface area contributed by atoms with Crippen LogP contribution in [0.2, 0.25) is 0 Å². The van der Waals surface area contributed by atoms with Gasteiger partial charge in [-0.05, 0) is 25.1 Å². The maximum Gasteiger partial charge on any atom is 0.311 e. The van der Waals surface area contributed by atoms with E-state index in [0.29, 0.717) is 19.7 Å². The predicted molar refractivity (Wildman–Crippen MR) is 107 cm³/mol. The smallest absolute Gasteiger partial charge is 0.311 e. The molecule has 2 atom stereocenters. The molecule has 1 saturated heterocycles. The number of ether oxygens (including phenoxy) is 1. The Morgan fingerprint density at radius 1 is 1.07 bits per heavy atom. The van der Waals surface area contributed by atoms with Gasteiger partial charge in [-0.1, -0.05) is 60.2 Å². The van der Waals surface area contributed by atoms with E-state index < -0.39 is 0 Å². The Hall–Kier alpha value is -2.21. The molecule has 144 valence electrons. The molecule has 1 fully saturated rings. The Morgan fingerprint density at radius 3 is 2.56 bits per heavy atom. The van der Waals surface area contributed by atoms with E-state index in [2.05, 4.69) is 36.1 Å². The molecule has 0 aliphatic carbocycles. The number of aryl methyl sites for hydroxylation is 1. The monoisotopic (exact) mass is 367 g/mol. The molecule has 0 saturated carbocycles. The van der Waals surface area contributed by atoms with Gasteiger partial charge in [-0.2, -0.15) is 0 Å². The number of hydrogen-bond acceptors (Lipinski definition) is 5. The molecule has 5 nitrogen and oxygen atoms in total. The minimum atomic E-state index is -0.211. The first-order chi connectivity index (χ1) is 13.0. The van der Waals surface area contributed by atoms with Crippen molar-refractivity contribution >= 4 is 5.97 Å². The summed E-state index contributed by atoms with van der Waals surface area (Å²) in [6.07, 6.45) is -0.0956. The lowest BCUT2D eigenvalue weighted by Gasteiger charge is -2.25. The van der Waals surface area contributed by atoms with Gasteiger partial charge in [0.15, 0.2) is 0 Å². The van der Waals surface area contributed by atoms with Crippen molar-refractivity contribution in [1.29, 1.82) is 0 Å². The molecule has 0 amide bonds. The zero-order valence-corrected chi connectivity index (χ0v) is 16.2. The van der Waals surface area contributed by atoms with Gasteiger partial charge in [0, 0.05) is 26.2 Å². The maximum atomic E-state index is 12.7. The topological polar surface area (TPSA) is 58.8 Å². The van der Waals surface area contributed by atoms with Crippen LogP contribution >= 0.6 is 0 Å². The standard InChI is InChI=1S/C22H29N3O2/c1-17-7-6-10-19(11-17)12-25-14-20(13-24(2)21(23)15-25)22(26)27-16-18-8-4-3-5-9-18/h3-11,20-21H,12-16,23H2,1-2H3/t20?,21-/m1/s1. The second-order valence-corrected chi connectivity index (χ2v) is 7.48. The predicted octanol–water partition coefficient (Wildman–Crippen LogP) is 2.39. The normalized spacial score (nSPS) is 21.6. The van der Waals surface area contributed by atoms with E-state index in [-0.39, 0.29) is 18.1 Å². The van der Waals surface area contributed by atoms with Crippen LogP contribution < -0.4 is 5.73 Å². The fraction of sp³-hybridized carbons (Fsp3) is 0.409. The van der Waals surface area contributed by atoms with Gasteiger partial charge in [0.1, 0.15) is 6.61 Å². The fourth-order valence-corrected chi connectivity index (χ4v) is 3.52. The summed E-state index contributed by atoms with van der Waals surface area (Å²) in [5.41, 5.74) is 9.79. The highest BCUT2D eigenvalue weighted by Crippen LogP contribution is 2.17. The summed E-state index contributed by atoms with van der Waals surface area (Å²) < 4.78 is 5.59. The first-order valence-electron chi connectivity index (χ1n) is 9.45. The number of benzene rings is 2. The molecule has 2 aromatic rings. The third-order valence-corrected chi connectivity index (χ3v) is 5.04. The third-order valence-electron chi connectivity index (χ3n) is 5.04. The van der Waals surface area contributed by atoms with Crippen molar-refractivity contribution in [3.05, 3.63) is 71.3 Å². The highest BCUT2D eigenvalue weighted by molar-refractivity contribution is 5.73. The van der Waals surface area contributed by atoms with Crippen LogP contribution in [0.3, 0.4) is 0 Å². The Balaban J connectivity index is 1.65. The van der Waals surface area contributed by atoms with Gasteiger partial charge in [-0.3, -0.25) is 14.6 Å². The minimum absolute atomic E-state index is 0.0956. The number of carbonyl (C=O) groups excluding carboxylic acids is 1. The molecule has 2 N–H and O–H groups in total. The molecule has 2 aromatic carbocycles. The molecule has 0 aromatic heterocycles. The van der Waals surface area contributed by atoms with Crippen molar-refractivity contribution in [3.63, 3.8) is 0 Å². The molecule has 1 unspecified atom stereocenters. The quantitative estimate of drug-likeness (QED) is 0.823. The number of esters is 1. The van der Waals surface area contributed by atoms with Crippen molar-refractivity contribution in [2.24, 2.45) is 11.7 Å². The lowest BCUT2D eigenvalue weighted by Crippen LogP contribution is -2.45. The van der Waals surface area contributed by atoms with E-state index in [1.165, 1.54) is 11.1 Å². The number of nitrogens with zero attached hydrogens (tertiary/aromatic N) is 2. The second kappa shape index (κ2) is 9.13. The molecule has 5 heteroatoms. The van der Waals surface area contributed by atoms with Crippen LogP contribution in [0.1, 0.15) is 16.7 Å². The van der Waals surface area contributed by atoms with Crippen LogP contribution in [0.4, 0.5) is 0 Å². The molecule has 0 spiro atoms. The Bertz CT molecular complexity index is 750. The van der Waals surface area contributed by atoms with Crippen LogP contribution in [0.25, 0.3) is 0 Å². The molecular formula is C22H29N3O2. The van der Waals surface area contributed by atoms with E-state index in [1.54, 1.807) is 0 Å². The summed E-state index contributed by atoms with van der Waals surface area (Å²) in [5, 5.41) is 0. The summed E-state index contributed by atoms with van der Waals surface area (Å²) in [6, 6.07) is 18.2. The third kappa shape index (κ3) is 5.63. The van der Waals surface area contributed by atoms with E-state index >= 15 is 0 Å². The number of likely N-dealkylation sites (N-methyl/N-ethyl adjacent to an activating group) is 1. The summed E-state index contributed by atoms with van der Waals surface area (Å²) in [5.74, 6) is -0.369. The van der Waals surface area contributed by atoms with Crippen molar-refractivity contribution in [3.8, 4) is 0 Å². The average Bonchev–Trinajstić information content (AvgIpc) is 2.79. The van der Waals surface area contributed by atoms with E-state index in [9.17, 15) is 4.79 Å². The van der Waals surface area contributed by atoms with Gasteiger partial charge in [-0.25, -0.2) is 0 Å². The lowest BCUT2D eigenvalue weighted by molar-refractivity contribution is -0.150. The summed E-state index contributed by atoms with van der Waals surface area (Å²) >= 11 is 0. The fourth-order valence-electron chi connectivity index (χ4n) is 3.52. The van der Waals surface area contributed by atoms with E-state index in [4.69, 9.17) is 10.5 Å². The van der Waals surface area contributed by atoms with Crippen molar-refractivity contribution in [2.75, 3.05) is 26.7 Å². The van der Waals surface area contributed by atoms with Crippen LogP contribution in [0.5, 0.6) is 0 Å². The van der Waals surface area contributed by atoms with Gasteiger partial charge in [0.25, 0.3) is 0 Å². The van der Waals surface area contributed by atoms with Crippen molar-refractivity contribution in [1.82, 2.24) is 9.80 Å². The molecule has 1 aliphatic heterocycles. The van der Waals surface area contributed by atoms with Gasteiger partial charge >= 0.3 is 5.97 Å². The lowest BCUT2D eigenvalue weighted by atomic mass is 10.1. The number of hydrogen-bond donors (Lipinski definition) is 1. The minimum Gasteiger partial charge on any atom is -0.461 e. The highest BCUT2D eigenvalue weighted by atomic mass is 16.5. The van der Waals surface area contributed by atoms with Gasteiger partial charge < -0.3 is 10.5 Å². The summed E-state index contributed by atoms with van der Waals surface area (Å²) in [4.78, 5) is 17.0. The second-order valence-electron chi connectivity index (χ2n) is 7.48. The molecule has 0 bridgehead atoms. The zero-order chi connectivity index (χ0) is 19.2. The molecule has 3 rings (SSSR count). The van der Waals surface area contributed by atoms with Crippen LogP contribution in [-0.2, 0) is 22.7 Å². The van der Waals surface area contributed by atoms with Crippen LogP contribution in [0, 0.1) is 12.8 Å². The first kappa shape index (κ1) is 19.5. The van der Waals surface area contributed by atoms with Gasteiger partial charge in [0.05, 0.1) is 12.1 Å². The maximum absolute atomic E-state index is 12.7.